The second-order valence-corrected chi connectivity index (χ2v) is 7.21. The summed E-state index contributed by atoms with van der Waals surface area (Å²) in [5.74, 6) is 0. The maximum Gasteiger partial charge on any atom is 0.424 e. The third kappa shape index (κ3) is 3.94. The molecule has 1 rings (SSSR count). The third-order valence-electron chi connectivity index (χ3n) is 2.51. The van der Waals surface area contributed by atoms with Crippen LogP contribution in [0.25, 0.3) is 0 Å². The minimum atomic E-state index is -4.38. The number of hydrogen-bond acceptors (Lipinski definition) is 6. The fraction of sp³-hybridized carbons (Fsp3) is 0.462. The van der Waals surface area contributed by atoms with Crippen LogP contribution in [0.5, 0.6) is 0 Å². The molecule has 0 aliphatic rings. The molecule has 0 radical (unpaired) electrons. The van der Waals surface area contributed by atoms with Gasteiger partial charge in [0.05, 0.1) is 4.92 Å². The minimum Gasteiger partial charge on any atom is -0.443 e. The van der Waals surface area contributed by atoms with Gasteiger partial charge in [-0.1, -0.05) is 12.1 Å². The lowest BCUT2D eigenvalue weighted by Crippen LogP contribution is -2.40. The molecule has 22 heavy (non-hydrogen) atoms. The third-order valence-corrected chi connectivity index (χ3v) is 4.40. The van der Waals surface area contributed by atoms with Gasteiger partial charge < -0.3 is 4.74 Å². The van der Waals surface area contributed by atoms with Crippen molar-refractivity contribution in [3.8, 4) is 0 Å². The Bertz CT molecular complexity index is 678. The number of para-hydroxylation sites is 1. The van der Waals surface area contributed by atoms with E-state index in [1.807, 2.05) is 0 Å². The molecule has 0 saturated heterocycles. The standard InChI is InChI=1S/C13H18N2O6S/c1-5-14(12(16)21-13(2,3)4)22(19,20)11-9-7-6-8-10(11)15(17)18/h6-9H,5H2,1-4H3. The van der Waals surface area contributed by atoms with Gasteiger partial charge >= 0.3 is 6.09 Å². The fourth-order valence-electron chi connectivity index (χ4n) is 1.65. The van der Waals surface area contributed by atoms with Gasteiger partial charge in [-0.2, -0.15) is 0 Å². The lowest BCUT2D eigenvalue weighted by molar-refractivity contribution is -0.387. The fourth-order valence-corrected chi connectivity index (χ4v) is 3.12. The Morgan fingerprint density at radius 1 is 1.32 bits per heavy atom. The van der Waals surface area contributed by atoms with Crippen molar-refractivity contribution < 1.29 is 22.9 Å². The van der Waals surface area contributed by atoms with Gasteiger partial charge in [0.25, 0.3) is 15.7 Å². The van der Waals surface area contributed by atoms with E-state index in [1.165, 1.54) is 19.1 Å². The first-order valence-corrected chi connectivity index (χ1v) is 7.94. The molecule has 1 aromatic rings. The Morgan fingerprint density at radius 2 is 1.86 bits per heavy atom. The van der Waals surface area contributed by atoms with E-state index in [0.717, 1.165) is 12.1 Å². The van der Waals surface area contributed by atoms with Crippen LogP contribution in [0.3, 0.4) is 0 Å². The summed E-state index contributed by atoms with van der Waals surface area (Å²) in [6.07, 6.45) is -1.08. The van der Waals surface area contributed by atoms with Crippen LogP contribution in [0.1, 0.15) is 27.7 Å². The number of nitrogens with zero attached hydrogens (tertiary/aromatic N) is 2. The van der Waals surface area contributed by atoms with Gasteiger partial charge in [0.15, 0.2) is 4.90 Å². The van der Waals surface area contributed by atoms with Gasteiger partial charge in [-0.25, -0.2) is 17.5 Å². The highest BCUT2D eigenvalue weighted by molar-refractivity contribution is 7.89. The van der Waals surface area contributed by atoms with Crippen molar-refractivity contribution in [3.05, 3.63) is 34.4 Å². The molecule has 0 atom stereocenters. The second kappa shape index (κ2) is 6.30. The highest BCUT2D eigenvalue weighted by Crippen LogP contribution is 2.27. The molecular weight excluding hydrogens is 312 g/mol. The Morgan fingerprint density at radius 3 is 2.32 bits per heavy atom. The Hall–Kier alpha value is -2.16. The predicted molar refractivity (Wildman–Crippen MR) is 78.9 cm³/mol. The van der Waals surface area contributed by atoms with Crippen molar-refractivity contribution >= 4 is 21.8 Å². The molecule has 0 aromatic heterocycles. The molecule has 0 fully saturated rings. The van der Waals surface area contributed by atoms with Crippen LogP contribution < -0.4 is 0 Å². The number of carbonyl (C=O) groups is 1. The summed E-state index contributed by atoms with van der Waals surface area (Å²) in [5.41, 5.74) is -1.48. The Kier molecular flexibility index (Phi) is 5.13. The Labute approximate surface area is 128 Å². The van der Waals surface area contributed by atoms with Crippen LogP contribution in [-0.4, -0.2) is 35.9 Å². The molecule has 0 spiro atoms. The van der Waals surface area contributed by atoms with Crippen LogP contribution in [0.2, 0.25) is 0 Å². The number of benzene rings is 1. The van der Waals surface area contributed by atoms with E-state index >= 15 is 0 Å². The first-order chi connectivity index (χ1) is 10.0. The maximum atomic E-state index is 12.5. The van der Waals surface area contributed by atoms with Crippen LogP contribution in [0, 0.1) is 10.1 Å². The zero-order chi connectivity index (χ0) is 17.1. The van der Waals surface area contributed by atoms with Crippen molar-refractivity contribution in [1.29, 1.82) is 0 Å². The topological polar surface area (TPSA) is 107 Å². The zero-order valence-corrected chi connectivity index (χ0v) is 13.6. The predicted octanol–water partition coefficient (Wildman–Crippen LogP) is 2.54. The van der Waals surface area contributed by atoms with Gasteiger partial charge in [-0.15, -0.1) is 0 Å². The minimum absolute atomic E-state index is 0.205. The van der Waals surface area contributed by atoms with Crippen LogP contribution in [0.4, 0.5) is 10.5 Å². The maximum absolute atomic E-state index is 12.5. The van der Waals surface area contributed by atoms with Gasteiger partial charge in [0.2, 0.25) is 0 Å². The van der Waals surface area contributed by atoms with E-state index in [4.69, 9.17) is 4.74 Å². The van der Waals surface area contributed by atoms with Crippen molar-refractivity contribution in [2.75, 3.05) is 6.54 Å². The largest absolute Gasteiger partial charge is 0.443 e. The number of nitro benzene ring substituents is 1. The summed E-state index contributed by atoms with van der Waals surface area (Å²) in [4.78, 5) is 21.7. The summed E-state index contributed by atoms with van der Waals surface area (Å²) in [5, 5.41) is 11.0. The van der Waals surface area contributed by atoms with Crippen molar-refractivity contribution in [2.24, 2.45) is 0 Å². The highest BCUT2D eigenvalue weighted by Gasteiger charge is 2.36. The molecule has 0 aliphatic heterocycles. The van der Waals surface area contributed by atoms with Crippen molar-refractivity contribution in [2.45, 2.75) is 38.2 Å². The van der Waals surface area contributed by atoms with E-state index < -0.39 is 37.2 Å². The van der Waals surface area contributed by atoms with Crippen LogP contribution >= 0.6 is 0 Å². The second-order valence-electron chi connectivity index (χ2n) is 5.37. The summed E-state index contributed by atoms with van der Waals surface area (Å²) < 4.78 is 30.6. The molecule has 8 nitrogen and oxygen atoms in total. The van der Waals surface area contributed by atoms with Crippen LogP contribution in [-0.2, 0) is 14.8 Å². The average molecular weight is 330 g/mol. The van der Waals surface area contributed by atoms with E-state index in [9.17, 15) is 23.3 Å². The van der Waals surface area contributed by atoms with Crippen molar-refractivity contribution in [3.63, 3.8) is 0 Å². The number of ether oxygens (including phenoxy) is 1. The SMILES string of the molecule is CCN(C(=O)OC(C)(C)C)S(=O)(=O)c1ccccc1[N+](=O)[O-]. The van der Waals surface area contributed by atoms with Crippen molar-refractivity contribution in [1.82, 2.24) is 4.31 Å². The molecule has 0 unspecified atom stereocenters. The molecule has 0 heterocycles. The molecule has 1 amide bonds. The first kappa shape index (κ1) is 17.9. The lowest BCUT2D eigenvalue weighted by Gasteiger charge is -2.26. The molecule has 0 bridgehead atoms. The molecule has 0 N–H and O–H groups in total. The molecular formula is C13H18N2O6S. The van der Waals surface area contributed by atoms with Gasteiger partial charge in [0, 0.05) is 12.6 Å². The summed E-state index contributed by atoms with van der Waals surface area (Å²) in [6, 6.07) is 4.85. The number of sulfonamides is 1. The Balaban J connectivity index is 3.32. The van der Waals surface area contributed by atoms with E-state index in [0.29, 0.717) is 4.31 Å². The molecule has 0 saturated carbocycles. The molecule has 0 aliphatic carbocycles. The summed E-state index contributed by atoms with van der Waals surface area (Å²) >= 11 is 0. The van der Waals surface area contributed by atoms with Crippen LogP contribution in [0.15, 0.2) is 29.2 Å². The molecule has 9 heteroatoms. The van der Waals surface area contributed by atoms with E-state index in [1.54, 1.807) is 20.8 Å². The smallest absolute Gasteiger partial charge is 0.424 e. The van der Waals surface area contributed by atoms with Gasteiger partial charge in [0.1, 0.15) is 5.60 Å². The van der Waals surface area contributed by atoms with E-state index in [2.05, 4.69) is 0 Å². The zero-order valence-electron chi connectivity index (χ0n) is 12.8. The average Bonchev–Trinajstić information content (AvgIpc) is 2.36. The number of carbonyl (C=O) groups excluding carboxylic acids is 1. The lowest BCUT2D eigenvalue weighted by atomic mass is 10.2. The molecule has 1 aromatic carbocycles. The van der Waals surface area contributed by atoms with Gasteiger partial charge in [-0.05, 0) is 33.8 Å². The summed E-state index contributed by atoms with van der Waals surface area (Å²) in [6.45, 7) is 6.02. The molecule has 122 valence electrons. The summed E-state index contributed by atoms with van der Waals surface area (Å²) in [7, 11) is -4.38. The number of rotatable bonds is 4. The normalized spacial score (nSPS) is 11.8. The number of amides is 1. The first-order valence-electron chi connectivity index (χ1n) is 6.50. The van der Waals surface area contributed by atoms with Gasteiger partial charge in [-0.3, -0.25) is 10.1 Å². The quantitative estimate of drug-likeness (QED) is 0.620. The monoisotopic (exact) mass is 330 g/mol. The number of hydrogen-bond donors (Lipinski definition) is 0. The highest BCUT2D eigenvalue weighted by atomic mass is 32.2. The number of nitro groups is 1. The van der Waals surface area contributed by atoms with E-state index in [-0.39, 0.29) is 6.54 Å².